The molecule has 2 aliphatic heterocycles. The van der Waals surface area contributed by atoms with Crippen LogP contribution >= 0.6 is 0 Å². The highest BCUT2D eigenvalue weighted by Gasteiger charge is 2.53. The van der Waals surface area contributed by atoms with Crippen molar-refractivity contribution in [3.8, 4) is 5.69 Å². The van der Waals surface area contributed by atoms with E-state index in [2.05, 4.69) is 5.10 Å². The number of aliphatic hydroxyl groups is 2. The second-order valence-corrected chi connectivity index (χ2v) is 12.0. The molecule has 232 valence electrons. The quantitative estimate of drug-likeness (QED) is 0.230. The van der Waals surface area contributed by atoms with Gasteiger partial charge in [0, 0.05) is 30.1 Å². The van der Waals surface area contributed by atoms with Gasteiger partial charge < -0.3 is 15.1 Å². The zero-order valence-electron chi connectivity index (χ0n) is 25.3. The number of hydrogen-bond donors (Lipinski definition) is 3. The molecule has 7 rings (SSSR count). The molecule has 9 heteroatoms. The van der Waals surface area contributed by atoms with Crippen LogP contribution in [0.25, 0.3) is 16.6 Å². The molecule has 0 unspecified atom stereocenters. The van der Waals surface area contributed by atoms with E-state index in [1.54, 1.807) is 66.4 Å². The van der Waals surface area contributed by atoms with Crippen LogP contribution in [0.1, 0.15) is 30.0 Å². The molecule has 4 aromatic carbocycles. The fraction of sp³-hybridized carbons (Fsp3) is 0.216. The number of fused-ring (bicyclic) bond motifs is 3. The molecule has 0 aliphatic carbocycles. The highest BCUT2D eigenvalue weighted by molar-refractivity contribution is 6.12. The first-order valence-electron chi connectivity index (χ1n) is 15.4. The van der Waals surface area contributed by atoms with Gasteiger partial charge in [0.05, 0.1) is 34.9 Å². The highest BCUT2D eigenvalue weighted by atomic mass is 16.3. The van der Waals surface area contributed by atoms with Crippen LogP contribution in [-0.2, 0) is 28.2 Å². The lowest BCUT2D eigenvalue weighted by Crippen LogP contribution is -2.46. The Morgan fingerprint density at radius 2 is 1.67 bits per heavy atom. The summed E-state index contributed by atoms with van der Waals surface area (Å²) in [6.45, 7) is 2.02. The molecule has 9 nitrogen and oxygen atoms in total. The first-order chi connectivity index (χ1) is 22.3. The minimum atomic E-state index is -1.98. The van der Waals surface area contributed by atoms with Crippen LogP contribution in [0, 0.1) is 5.92 Å². The number of para-hydroxylation sites is 2. The van der Waals surface area contributed by atoms with E-state index in [9.17, 15) is 24.6 Å². The summed E-state index contributed by atoms with van der Waals surface area (Å²) in [6.07, 6.45) is 4.01. The van der Waals surface area contributed by atoms with Gasteiger partial charge in [-0.3, -0.25) is 24.4 Å². The number of H-pyrrole nitrogens is 1. The number of aromatic nitrogens is 2. The van der Waals surface area contributed by atoms with Gasteiger partial charge in [-0.1, -0.05) is 73.7 Å². The molecule has 2 aliphatic rings. The summed E-state index contributed by atoms with van der Waals surface area (Å²) >= 11 is 0. The number of amides is 2. The van der Waals surface area contributed by atoms with Gasteiger partial charge in [-0.15, -0.1) is 0 Å². The number of aromatic amines is 1. The van der Waals surface area contributed by atoms with E-state index in [4.69, 9.17) is 0 Å². The topological polar surface area (TPSA) is 119 Å². The van der Waals surface area contributed by atoms with Gasteiger partial charge in [0.1, 0.15) is 0 Å². The average molecular weight is 615 g/mol. The maximum Gasteiger partial charge on any atom is 0.279 e. The molecular formula is C37H34N4O5. The maximum absolute atomic E-state index is 14.2. The van der Waals surface area contributed by atoms with Gasteiger partial charge in [-0.25, -0.2) is 4.68 Å². The zero-order chi connectivity index (χ0) is 32.0. The number of nitrogens with one attached hydrogen (secondary N) is 1. The largest absolute Gasteiger partial charge is 0.394 e. The lowest BCUT2D eigenvalue weighted by atomic mass is 9.82. The summed E-state index contributed by atoms with van der Waals surface area (Å²) in [5.41, 5.74) is 2.61. The second-order valence-electron chi connectivity index (χ2n) is 12.0. The van der Waals surface area contributed by atoms with Gasteiger partial charge in [0.2, 0.25) is 5.91 Å². The maximum atomic E-state index is 14.2. The standard InChI is InChI=1S/C37H34N4O5/c1-24(10-9-17-34(43)39-22-26-12-6-5-11-25(26)20-29(39)23-42)37(46)31-21-28(41-35(44)30-15-7-8-16-32(30)38-41)18-19-33(31)40(36(37)45)27-13-3-2-4-14-27/h2-16,18-19,21,24,29,38,42,46H,17,20,22-23H2,1H3/b10-9+/t24-,29-,37+/m0/s1. The third-order valence-corrected chi connectivity index (χ3v) is 9.29. The third-order valence-electron chi connectivity index (χ3n) is 9.29. The molecule has 1 aromatic heterocycles. The predicted molar refractivity (Wildman–Crippen MR) is 176 cm³/mol. The van der Waals surface area contributed by atoms with Crippen molar-refractivity contribution in [2.24, 2.45) is 5.92 Å². The molecule has 0 saturated carbocycles. The van der Waals surface area contributed by atoms with E-state index in [1.807, 2.05) is 54.6 Å². The van der Waals surface area contributed by atoms with Gasteiger partial charge in [-0.05, 0) is 60.0 Å². The Balaban J connectivity index is 1.21. The minimum Gasteiger partial charge on any atom is -0.394 e. The first-order valence-corrected chi connectivity index (χ1v) is 15.4. The molecule has 3 atom stereocenters. The first kappa shape index (κ1) is 29.5. The Hall–Kier alpha value is -5.25. The van der Waals surface area contributed by atoms with Crippen molar-refractivity contribution in [3.63, 3.8) is 0 Å². The summed E-state index contributed by atoms with van der Waals surface area (Å²) in [5, 5.41) is 26.0. The monoisotopic (exact) mass is 614 g/mol. The van der Waals surface area contributed by atoms with E-state index < -0.39 is 17.4 Å². The number of carbonyl (C=O) groups excluding carboxylic acids is 2. The highest BCUT2D eigenvalue weighted by Crippen LogP contribution is 2.48. The molecule has 2 amide bonds. The van der Waals surface area contributed by atoms with Crippen LogP contribution in [0.3, 0.4) is 0 Å². The van der Waals surface area contributed by atoms with Crippen molar-refractivity contribution in [2.45, 2.75) is 38.0 Å². The van der Waals surface area contributed by atoms with E-state index in [0.717, 1.165) is 11.1 Å². The molecule has 5 aromatic rings. The molecule has 0 spiro atoms. The van der Waals surface area contributed by atoms with Gasteiger partial charge >= 0.3 is 0 Å². The van der Waals surface area contributed by atoms with Crippen molar-refractivity contribution < 1.29 is 19.8 Å². The van der Waals surface area contributed by atoms with Gasteiger partial charge in [0.15, 0.2) is 5.60 Å². The normalized spacial score (nSPS) is 19.9. The summed E-state index contributed by atoms with van der Waals surface area (Å²) in [4.78, 5) is 44.0. The second kappa shape index (κ2) is 11.6. The van der Waals surface area contributed by atoms with Crippen molar-refractivity contribution in [2.75, 3.05) is 11.5 Å². The van der Waals surface area contributed by atoms with Crippen molar-refractivity contribution in [1.82, 2.24) is 14.7 Å². The fourth-order valence-corrected chi connectivity index (χ4v) is 6.74. The smallest absolute Gasteiger partial charge is 0.279 e. The van der Waals surface area contributed by atoms with Gasteiger partial charge in [0.25, 0.3) is 11.5 Å². The molecule has 0 fully saturated rings. The van der Waals surface area contributed by atoms with Crippen molar-refractivity contribution in [3.05, 3.63) is 136 Å². The number of hydrogen-bond acceptors (Lipinski definition) is 5. The van der Waals surface area contributed by atoms with Gasteiger partial charge in [-0.2, -0.15) is 0 Å². The number of benzene rings is 4. The molecule has 0 radical (unpaired) electrons. The van der Waals surface area contributed by atoms with E-state index in [-0.39, 0.29) is 30.5 Å². The molecule has 46 heavy (non-hydrogen) atoms. The molecular weight excluding hydrogens is 580 g/mol. The number of carbonyl (C=O) groups is 2. The number of nitrogens with zero attached hydrogens (tertiary/aromatic N) is 3. The minimum absolute atomic E-state index is 0.0486. The van der Waals surface area contributed by atoms with Crippen molar-refractivity contribution >= 4 is 34.1 Å². The molecule has 3 heterocycles. The molecule has 3 N–H and O–H groups in total. The molecule has 0 saturated heterocycles. The molecule has 0 bridgehead atoms. The fourth-order valence-electron chi connectivity index (χ4n) is 6.74. The zero-order valence-corrected chi connectivity index (χ0v) is 25.3. The van der Waals surface area contributed by atoms with E-state index >= 15 is 0 Å². The number of anilines is 2. The number of rotatable bonds is 7. The van der Waals surface area contributed by atoms with Crippen LogP contribution in [0.2, 0.25) is 0 Å². The summed E-state index contributed by atoms with van der Waals surface area (Å²) < 4.78 is 1.41. The Morgan fingerprint density at radius 1 is 0.957 bits per heavy atom. The average Bonchev–Trinajstić information content (AvgIpc) is 3.54. The van der Waals surface area contributed by atoms with Crippen molar-refractivity contribution in [1.29, 1.82) is 0 Å². The summed E-state index contributed by atoms with van der Waals surface area (Å²) in [6, 6.07) is 29.1. The Labute approximate surface area is 265 Å². The number of aliphatic hydroxyl groups excluding tert-OH is 1. The lowest BCUT2D eigenvalue weighted by Gasteiger charge is -2.36. The van der Waals surface area contributed by atoms with Crippen LogP contribution in [0.5, 0.6) is 0 Å². The van der Waals surface area contributed by atoms with E-state index in [0.29, 0.717) is 46.5 Å². The predicted octanol–water partition coefficient (Wildman–Crippen LogP) is 4.71. The Kier molecular flexibility index (Phi) is 7.43. The van der Waals surface area contributed by atoms with Crippen LogP contribution in [-0.4, -0.2) is 49.4 Å². The Bertz CT molecular complexity index is 2050. The van der Waals surface area contributed by atoms with Crippen LogP contribution in [0.15, 0.2) is 114 Å². The van der Waals surface area contributed by atoms with Crippen LogP contribution < -0.4 is 10.5 Å². The third kappa shape index (κ3) is 4.76. The lowest BCUT2D eigenvalue weighted by molar-refractivity contribution is -0.138. The van der Waals surface area contributed by atoms with E-state index in [1.165, 1.54) is 9.58 Å². The summed E-state index contributed by atoms with van der Waals surface area (Å²) in [7, 11) is 0. The summed E-state index contributed by atoms with van der Waals surface area (Å²) in [5.74, 6) is -1.40. The van der Waals surface area contributed by atoms with Crippen LogP contribution in [0.4, 0.5) is 11.4 Å². The SMILES string of the molecule is C[C@@H](/C=C/CC(=O)N1Cc2ccccc2C[C@H]1CO)[C@]1(O)C(=O)N(c2ccccc2)c2ccc(-n3[nH]c4ccccc4c3=O)cc21. The Morgan fingerprint density at radius 3 is 2.43 bits per heavy atom.